The first kappa shape index (κ1) is 26.1. The summed E-state index contributed by atoms with van der Waals surface area (Å²) in [5.74, 6) is 0.204. The number of hydrogen-bond acceptors (Lipinski definition) is 5. The maximum atomic E-state index is 11.8. The standard InChI is InChI=1S/C15H18N4O.C12H15BrN2O/c1-12(20)19-8-7-17(2)10-13-9-14(3-4-15(13)19)18-6-5-16-11-18;1-9(16)15-6-5-14(2)8-10-7-11(13)3-4-12(10)15/h3-6,9,11H,7-8,10H2,1-2H3;3-4,7H,5-6,8H2,1-2H3. The predicted molar refractivity (Wildman–Crippen MR) is 146 cm³/mol. The molecular weight excluding hydrogens is 520 g/mol. The number of likely N-dealkylation sites (N-methyl/N-ethyl adjacent to an activating group) is 2. The van der Waals surface area contributed by atoms with Gasteiger partial charge in [0.15, 0.2) is 0 Å². The molecule has 2 aliphatic heterocycles. The minimum atomic E-state index is 0.0944. The van der Waals surface area contributed by atoms with Gasteiger partial charge in [0, 0.05) is 87.0 Å². The Bertz CT molecular complexity index is 1230. The summed E-state index contributed by atoms with van der Waals surface area (Å²) in [5, 5.41) is 0. The van der Waals surface area contributed by atoms with E-state index in [0.29, 0.717) is 0 Å². The van der Waals surface area contributed by atoms with E-state index in [-0.39, 0.29) is 11.8 Å². The van der Waals surface area contributed by atoms with Crippen LogP contribution in [0.2, 0.25) is 0 Å². The molecule has 8 nitrogen and oxygen atoms in total. The molecule has 1 aromatic heterocycles. The van der Waals surface area contributed by atoms with Crippen molar-refractivity contribution in [3.8, 4) is 5.69 Å². The molecule has 0 aliphatic carbocycles. The van der Waals surface area contributed by atoms with Crippen LogP contribution in [0, 0.1) is 0 Å². The quantitative estimate of drug-likeness (QED) is 0.457. The van der Waals surface area contributed by atoms with Crippen LogP contribution in [0.15, 0.2) is 59.6 Å². The number of amides is 2. The molecule has 5 rings (SSSR count). The van der Waals surface area contributed by atoms with Gasteiger partial charge in [-0.15, -0.1) is 0 Å². The lowest BCUT2D eigenvalue weighted by molar-refractivity contribution is -0.117. The lowest BCUT2D eigenvalue weighted by Crippen LogP contribution is -2.33. The third-order valence-corrected chi connectivity index (χ3v) is 7.03. The first-order chi connectivity index (χ1) is 17.2. The normalized spacial score (nSPS) is 16.2. The van der Waals surface area contributed by atoms with Crippen molar-refractivity contribution in [2.24, 2.45) is 0 Å². The summed E-state index contributed by atoms with van der Waals surface area (Å²) >= 11 is 3.47. The SMILES string of the molecule is CC(=O)N1CCN(C)Cc2cc(-n3ccnc3)ccc21.CC(=O)N1CCN(C)Cc2cc(Br)ccc21. The molecule has 0 saturated heterocycles. The second-order valence-electron chi connectivity index (χ2n) is 9.37. The Balaban J connectivity index is 0.000000174. The molecule has 0 saturated carbocycles. The first-order valence-corrected chi connectivity index (χ1v) is 12.8. The van der Waals surface area contributed by atoms with Crippen LogP contribution in [0.25, 0.3) is 5.69 Å². The van der Waals surface area contributed by atoms with Gasteiger partial charge >= 0.3 is 0 Å². The summed E-state index contributed by atoms with van der Waals surface area (Å²) in [4.78, 5) is 35.7. The van der Waals surface area contributed by atoms with Crippen molar-refractivity contribution in [1.82, 2.24) is 19.4 Å². The van der Waals surface area contributed by atoms with Crippen LogP contribution >= 0.6 is 15.9 Å². The summed E-state index contributed by atoms with van der Waals surface area (Å²) < 4.78 is 3.04. The molecule has 0 bridgehead atoms. The Morgan fingerprint density at radius 2 is 1.36 bits per heavy atom. The molecule has 2 aliphatic rings. The summed E-state index contributed by atoms with van der Waals surface area (Å²) in [7, 11) is 4.16. The van der Waals surface area contributed by atoms with Gasteiger partial charge in [-0.1, -0.05) is 15.9 Å². The molecule has 0 radical (unpaired) electrons. The number of imidazole rings is 1. The number of rotatable bonds is 1. The van der Waals surface area contributed by atoms with Crippen molar-refractivity contribution in [3.63, 3.8) is 0 Å². The molecule has 0 N–H and O–H groups in total. The average Bonchev–Trinajstić information content (AvgIpc) is 3.24. The minimum absolute atomic E-state index is 0.0944. The zero-order valence-electron chi connectivity index (χ0n) is 21.3. The van der Waals surface area contributed by atoms with Crippen LogP contribution in [-0.4, -0.2) is 71.4 Å². The molecule has 0 spiro atoms. The van der Waals surface area contributed by atoms with Gasteiger partial charge < -0.3 is 24.2 Å². The van der Waals surface area contributed by atoms with Gasteiger partial charge in [0.25, 0.3) is 0 Å². The molecule has 3 aromatic rings. The molecule has 2 amide bonds. The highest BCUT2D eigenvalue weighted by Crippen LogP contribution is 2.28. The van der Waals surface area contributed by atoms with E-state index in [1.54, 1.807) is 26.4 Å². The fourth-order valence-corrected chi connectivity index (χ4v) is 5.06. The lowest BCUT2D eigenvalue weighted by atomic mass is 10.1. The number of nitrogens with zero attached hydrogens (tertiary/aromatic N) is 6. The maximum absolute atomic E-state index is 11.8. The van der Waals surface area contributed by atoms with E-state index in [0.717, 1.165) is 60.8 Å². The smallest absolute Gasteiger partial charge is 0.223 e. The first-order valence-electron chi connectivity index (χ1n) is 12.1. The predicted octanol–water partition coefficient (Wildman–Crippen LogP) is 3.92. The molecule has 2 aromatic carbocycles. The molecule has 190 valence electrons. The highest BCUT2D eigenvalue weighted by Gasteiger charge is 2.22. The van der Waals surface area contributed by atoms with Gasteiger partial charge in [-0.25, -0.2) is 4.98 Å². The number of benzene rings is 2. The van der Waals surface area contributed by atoms with E-state index in [9.17, 15) is 9.59 Å². The van der Waals surface area contributed by atoms with E-state index in [1.807, 2.05) is 44.8 Å². The number of anilines is 2. The fourth-order valence-electron chi connectivity index (χ4n) is 4.65. The van der Waals surface area contributed by atoms with Crippen molar-refractivity contribution < 1.29 is 9.59 Å². The van der Waals surface area contributed by atoms with Crippen molar-refractivity contribution in [1.29, 1.82) is 0 Å². The maximum Gasteiger partial charge on any atom is 0.223 e. The molecular formula is C27H33BrN6O2. The summed E-state index contributed by atoms with van der Waals surface area (Å²) in [5.41, 5.74) is 5.50. The highest BCUT2D eigenvalue weighted by molar-refractivity contribution is 9.10. The van der Waals surface area contributed by atoms with Crippen molar-refractivity contribution in [2.75, 3.05) is 50.1 Å². The number of aromatic nitrogens is 2. The van der Waals surface area contributed by atoms with Gasteiger partial charge in [0.05, 0.1) is 6.33 Å². The van der Waals surface area contributed by atoms with Crippen molar-refractivity contribution >= 4 is 39.1 Å². The molecule has 0 fully saturated rings. The fraction of sp³-hybridized carbons (Fsp3) is 0.370. The monoisotopic (exact) mass is 552 g/mol. The van der Waals surface area contributed by atoms with Crippen LogP contribution in [-0.2, 0) is 22.7 Å². The second kappa shape index (κ2) is 11.4. The van der Waals surface area contributed by atoms with Gasteiger partial charge in [0.2, 0.25) is 11.8 Å². The molecule has 3 heterocycles. The van der Waals surface area contributed by atoms with Crippen LogP contribution in [0.1, 0.15) is 25.0 Å². The summed E-state index contributed by atoms with van der Waals surface area (Å²) in [6.45, 7) is 8.28. The zero-order valence-corrected chi connectivity index (χ0v) is 22.9. The second-order valence-corrected chi connectivity index (χ2v) is 10.3. The summed E-state index contributed by atoms with van der Waals surface area (Å²) in [6.07, 6.45) is 5.47. The van der Waals surface area contributed by atoms with E-state index < -0.39 is 0 Å². The average molecular weight is 554 g/mol. The minimum Gasteiger partial charge on any atom is -0.311 e. The third-order valence-electron chi connectivity index (χ3n) is 6.54. The number of hydrogen-bond donors (Lipinski definition) is 0. The molecule has 0 atom stereocenters. The Labute approximate surface area is 221 Å². The van der Waals surface area contributed by atoms with Gasteiger partial charge in [-0.05, 0) is 61.6 Å². The lowest BCUT2D eigenvalue weighted by Gasteiger charge is -2.21. The summed E-state index contributed by atoms with van der Waals surface area (Å²) in [6, 6.07) is 12.3. The largest absolute Gasteiger partial charge is 0.311 e. The number of halogens is 1. The van der Waals surface area contributed by atoms with E-state index >= 15 is 0 Å². The van der Waals surface area contributed by atoms with E-state index in [4.69, 9.17) is 0 Å². The van der Waals surface area contributed by atoms with Gasteiger partial charge in [0.1, 0.15) is 0 Å². The Hall–Kier alpha value is -3.01. The van der Waals surface area contributed by atoms with Crippen LogP contribution in [0.3, 0.4) is 0 Å². The van der Waals surface area contributed by atoms with Gasteiger partial charge in [-0.3, -0.25) is 9.59 Å². The van der Waals surface area contributed by atoms with Crippen molar-refractivity contribution in [2.45, 2.75) is 26.9 Å². The Morgan fingerprint density at radius 1 is 0.806 bits per heavy atom. The molecule has 36 heavy (non-hydrogen) atoms. The van der Waals surface area contributed by atoms with Crippen molar-refractivity contribution in [3.05, 3.63) is 70.7 Å². The topological polar surface area (TPSA) is 64.9 Å². The Kier molecular flexibility index (Phi) is 8.23. The third kappa shape index (κ3) is 6.03. The number of fused-ring (bicyclic) bond motifs is 2. The van der Waals surface area contributed by atoms with Gasteiger partial charge in [-0.2, -0.15) is 0 Å². The van der Waals surface area contributed by atoms with Crippen LogP contribution in [0.4, 0.5) is 11.4 Å². The Morgan fingerprint density at radius 3 is 1.89 bits per heavy atom. The highest BCUT2D eigenvalue weighted by atomic mass is 79.9. The zero-order chi connectivity index (χ0) is 25.8. The van der Waals surface area contributed by atoms with Crippen LogP contribution in [0.5, 0.6) is 0 Å². The molecule has 9 heteroatoms. The van der Waals surface area contributed by atoms with E-state index in [2.05, 4.69) is 56.9 Å². The number of carbonyl (C=O) groups excluding carboxylic acids is 2. The van der Waals surface area contributed by atoms with Crippen LogP contribution < -0.4 is 9.80 Å². The number of carbonyl (C=O) groups is 2. The van der Waals surface area contributed by atoms with E-state index in [1.165, 1.54) is 11.1 Å². The molecule has 0 unspecified atom stereocenters.